The Morgan fingerprint density at radius 3 is 2.65 bits per heavy atom. The fourth-order valence-electron chi connectivity index (χ4n) is 2.24. The zero-order valence-corrected chi connectivity index (χ0v) is 12.4. The summed E-state index contributed by atoms with van der Waals surface area (Å²) in [6, 6.07) is 8.57. The average Bonchev–Trinajstić information content (AvgIpc) is 2.89. The van der Waals surface area contributed by atoms with Gasteiger partial charge in [0.1, 0.15) is 5.75 Å². The summed E-state index contributed by atoms with van der Waals surface area (Å²) >= 11 is 0. The van der Waals surface area contributed by atoms with Crippen molar-refractivity contribution in [2.24, 2.45) is 0 Å². The summed E-state index contributed by atoms with van der Waals surface area (Å²) in [5, 5.41) is 10.6. The van der Waals surface area contributed by atoms with Crippen LogP contribution < -0.4 is 10.1 Å². The van der Waals surface area contributed by atoms with Gasteiger partial charge in [0.15, 0.2) is 0 Å². The van der Waals surface area contributed by atoms with Crippen LogP contribution in [-0.2, 0) is 6.42 Å². The molecule has 0 saturated carbocycles. The highest BCUT2D eigenvalue weighted by Crippen LogP contribution is 2.17. The Morgan fingerprint density at radius 1 is 1.30 bits per heavy atom. The van der Waals surface area contributed by atoms with Gasteiger partial charge in [0.25, 0.3) is 0 Å². The number of hydrogen-bond acceptors (Lipinski definition) is 3. The number of aromatic amines is 1. The molecule has 1 aromatic heterocycles. The Labute approximate surface area is 120 Å². The molecule has 0 saturated heterocycles. The lowest BCUT2D eigenvalue weighted by Crippen LogP contribution is -2.20. The predicted molar refractivity (Wildman–Crippen MR) is 81.1 cm³/mol. The molecule has 2 rings (SSSR count). The second-order valence-electron chi connectivity index (χ2n) is 5.07. The molecule has 0 fully saturated rings. The largest absolute Gasteiger partial charge is 0.497 e. The first-order chi connectivity index (χ1) is 9.70. The second kappa shape index (κ2) is 7.10. The Kier molecular flexibility index (Phi) is 5.18. The summed E-state index contributed by atoms with van der Waals surface area (Å²) in [6.45, 7) is 5.25. The quantitative estimate of drug-likeness (QED) is 0.762. The molecule has 4 heteroatoms. The van der Waals surface area contributed by atoms with Gasteiger partial charge in [0, 0.05) is 11.7 Å². The molecule has 0 spiro atoms. The molecular formula is C16H23N3O. The van der Waals surface area contributed by atoms with Gasteiger partial charge in [-0.2, -0.15) is 5.10 Å². The van der Waals surface area contributed by atoms with Gasteiger partial charge in [-0.3, -0.25) is 5.10 Å². The number of H-pyrrole nitrogens is 1. The highest BCUT2D eigenvalue weighted by Gasteiger charge is 2.05. The highest BCUT2D eigenvalue weighted by molar-refractivity contribution is 5.28. The molecule has 108 valence electrons. The smallest absolute Gasteiger partial charge is 0.118 e. The van der Waals surface area contributed by atoms with Gasteiger partial charge in [-0.05, 0) is 56.5 Å². The minimum absolute atomic E-state index is 0.353. The van der Waals surface area contributed by atoms with E-state index in [1.165, 1.54) is 16.8 Å². The first kappa shape index (κ1) is 14.6. The minimum atomic E-state index is 0.353. The van der Waals surface area contributed by atoms with Crippen LogP contribution >= 0.6 is 0 Å². The SMILES string of the molecule is COc1ccc(C(C)NCCCc2cn[nH]c2C)cc1. The number of nitrogens with zero attached hydrogens (tertiary/aromatic N) is 1. The van der Waals surface area contributed by atoms with Crippen LogP contribution in [0.15, 0.2) is 30.5 Å². The highest BCUT2D eigenvalue weighted by atomic mass is 16.5. The molecule has 2 aromatic rings. The zero-order chi connectivity index (χ0) is 14.4. The van der Waals surface area contributed by atoms with E-state index in [1.807, 2.05) is 18.3 Å². The van der Waals surface area contributed by atoms with Crippen molar-refractivity contribution in [1.82, 2.24) is 15.5 Å². The molecule has 20 heavy (non-hydrogen) atoms. The van der Waals surface area contributed by atoms with Gasteiger partial charge in [0.2, 0.25) is 0 Å². The van der Waals surface area contributed by atoms with Crippen molar-refractivity contribution in [2.75, 3.05) is 13.7 Å². The Hall–Kier alpha value is -1.81. The number of nitrogens with one attached hydrogen (secondary N) is 2. The van der Waals surface area contributed by atoms with E-state index >= 15 is 0 Å². The molecule has 0 aliphatic rings. The van der Waals surface area contributed by atoms with Crippen molar-refractivity contribution in [3.05, 3.63) is 47.3 Å². The molecule has 4 nitrogen and oxygen atoms in total. The van der Waals surface area contributed by atoms with Crippen LogP contribution in [0.2, 0.25) is 0 Å². The summed E-state index contributed by atoms with van der Waals surface area (Å²) in [5.41, 5.74) is 3.77. The summed E-state index contributed by atoms with van der Waals surface area (Å²) in [5.74, 6) is 0.899. The van der Waals surface area contributed by atoms with E-state index in [2.05, 4.69) is 41.5 Å². The summed E-state index contributed by atoms with van der Waals surface area (Å²) in [4.78, 5) is 0. The third-order valence-corrected chi connectivity index (χ3v) is 3.62. The normalized spacial score (nSPS) is 12.3. The van der Waals surface area contributed by atoms with E-state index in [1.54, 1.807) is 7.11 Å². The van der Waals surface area contributed by atoms with Crippen molar-refractivity contribution in [3.63, 3.8) is 0 Å². The standard InChI is InChI=1S/C16H23N3O/c1-12(14-6-8-16(20-3)9-7-14)17-10-4-5-15-11-18-19-13(15)2/h6-9,11-12,17H,4-5,10H2,1-3H3,(H,18,19). The Morgan fingerprint density at radius 2 is 2.05 bits per heavy atom. The van der Waals surface area contributed by atoms with Gasteiger partial charge in [0.05, 0.1) is 13.3 Å². The molecule has 0 radical (unpaired) electrons. The molecule has 1 unspecified atom stereocenters. The predicted octanol–water partition coefficient (Wildman–Crippen LogP) is 3.01. The molecule has 0 aliphatic carbocycles. The Bertz CT molecular complexity index is 519. The van der Waals surface area contributed by atoms with Crippen molar-refractivity contribution in [3.8, 4) is 5.75 Å². The summed E-state index contributed by atoms with van der Waals surface area (Å²) in [6.07, 6.45) is 4.09. The van der Waals surface area contributed by atoms with Crippen LogP contribution in [0.4, 0.5) is 0 Å². The molecule has 0 aliphatic heterocycles. The van der Waals surface area contributed by atoms with Gasteiger partial charge < -0.3 is 10.1 Å². The van der Waals surface area contributed by atoms with Crippen molar-refractivity contribution >= 4 is 0 Å². The van der Waals surface area contributed by atoms with Crippen LogP contribution in [0.1, 0.15) is 36.2 Å². The number of methoxy groups -OCH3 is 1. The summed E-state index contributed by atoms with van der Waals surface area (Å²) < 4.78 is 5.17. The number of benzene rings is 1. The third kappa shape index (κ3) is 3.84. The van der Waals surface area contributed by atoms with Gasteiger partial charge in [-0.25, -0.2) is 0 Å². The fourth-order valence-corrected chi connectivity index (χ4v) is 2.24. The van der Waals surface area contributed by atoms with Crippen molar-refractivity contribution < 1.29 is 4.74 Å². The van der Waals surface area contributed by atoms with E-state index in [9.17, 15) is 0 Å². The van der Waals surface area contributed by atoms with Crippen LogP contribution in [-0.4, -0.2) is 23.9 Å². The lowest BCUT2D eigenvalue weighted by molar-refractivity contribution is 0.414. The van der Waals surface area contributed by atoms with Crippen LogP contribution in [0.5, 0.6) is 5.75 Å². The molecule has 1 atom stereocenters. The van der Waals surface area contributed by atoms with E-state index < -0.39 is 0 Å². The molecule has 1 aromatic carbocycles. The van der Waals surface area contributed by atoms with Gasteiger partial charge in [-0.1, -0.05) is 12.1 Å². The lowest BCUT2D eigenvalue weighted by atomic mass is 10.1. The van der Waals surface area contributed by atoms with E-state index in [0.717, 1.165) is 25.1 Å². The monoisotopic (exact) mass is 273 g/mol. The van der Waals surface area contributed by atoms with Crippen LogP contribution in [0, 0.1) is 6.92 Å². The maximum absolute atomic E-state index is 5.17. The molecule has 0 bridgehead atoms. The van der Waals surface area contributed by atoms with Gasteiger partial charge >= 0.3 is 0 Å². The first-order valence-electron chi connectivity index (χ1n) is 7.07. The van der Waals surface area contributed by atoms with Crippen molar-refractivity contribution in [1.29, 1.82) is 0 Å². The molecule has 2 N–H and O–H groups in total. The van der Waals surface area contributed by atoms with Crippen molar-refractivity contribution in [2.45, 2.75) is 32.7 Å². The second-order valence-corrected chi connectivity index (χ2v) is 5.07. The van der Waals surface area contributed by atoms with E-state index in [4.69, 9.17) is 4.74 Å². The first-order valence-corrected chi connectivity index (χ1v) is 7.07. The topological polar surface area (TPSA) is 49.9 Å². The zero-order valence-electron chi connectivity index (χ0n) is 12.4. The minimum Gasteiger partial charge on any atom is -0.497 e. The van der Waals surface area contributed by atoms with E-state index in [-0.39, 0.29) is 0 Å². The molecule has 0 amide bonds. The third-order valence-electron chi connectivity index (χ3n) is 3.62. The fraction of sp³-hybridized carbons (Fsp3) is 0.438. The average molecular weight is 273 g/mol. The Balaban J connectivity index is 1.74. The number of hydrogen-bond donors (Lipinski definition) is 2. The van der Waals surface area contributed by atoms with Gasteiger partial charge in [-0.15, -0.1) is 0 Å². The number of ether oxygens (including phenoxy) is 1. The van der Waals surface area contributed by atoms with E-state index in [0.29, 0.717) is 6.04 Å². The lowest BCUT2D eigenvalue weighted by Gasteiger charge is -2.14. The maximum Gasteiger partial charge on any atom is 0.118 e. The van der Waals surface area contributed by atoms with Crippen LogP contribution in [0.3, 0.4) is 0 Å². The summed E-state index contributed by atoms with van der Waals surface area (Å²) in [7, 11) is 1.69. The molecule has 1 heterocycles. The number of aromatic nitrogens is 2. The van der Waals surface area contributed by atoms with Crippen LogP contribution in [0.25, 0.3) is 0 Å². The number of rotatable bonds is 7. The maximum atomic E-state index is 5.17. The number of aryl methyl sites for hydroxylation is 2. The molecular weight excluding hydrogens is 250 g/mol.